The number of benzene rings is 1. The van der Waals surface area contributed by atoms with Crippen molar-refractivity contribution in [2.75, 3.05) is 20.3 Å². The Bertz CT molecular complexity index is 676. The van der Waals surface area contributed by atoms with E-state index in [0.717, 1.165) is 5.57 Å². The quantitative estimate of drug-likeness (QED) is 0.525. The van der Waals surface area contributed by atoms with Gasteiger partial charge in [0, 0.05) is 11.1 Å². The van der Waals surface area contributed by atoms with Gasteiger partial charge in [-0.3, -0.25) is 9.79 Å². The largest absolute Gasteiger partial charge is 0.524 e. The predicted octanol–water partition coefficient (Wildman–Crippen LogP) is 4.62. The second-order valence-electron chi connectivity index (χ2n) is 8.42. The molecule has 0 aromatic heterocycles. The van der Waals surface area contributed by atoms with Crippen LogP contribution in [0.3, 0.4) is 0 Å². The Morgan fingerprint density at radius 1 is 1.12 bits per heavy atom. The van der Waals surface area contributed by atoms with E-state index in [1.807, 2.05) is 0 Å². The first-order valence-corrected chi connectivity index (χ1v) is 9.97. The van der Waals surface area contributed by atoms with Gasteiger partial charge in [0.25, 0.3) is 0 Å². The normalized spacial score (nSPS) is 14.0. The summed E-state index contributed by atoms with van der Waals surface area (Å²) in [6, 6.07) is 6.51. The molecule has 26 heavy (non-hydrogen) atoms. The van der Waals surface area contributed by atoms with Crippen molar-refractivity contribution in [1.29, 1.82) is 0 Å². The lowest BCUT2D eigenvalue weighted by atomic mass is 9.84. The van der Waals surface area contributed by atoms with E-state index in [0.29, 0.717) is 24.5 Å². The highest BCUT2D eigenvalue weighted by Gasteiger charge is 2.25. The third-order valence-electron chi connectivity index (χ3n) is 3.49. The van der Waals surface area contributed by atoms with Crippen LogP contribution in [-0.2, 0) is 14.0 Å². The highest BCUT2D eigenvalue weighted by Crippen LogP contribution is 2.39. The summed E-state index contributed by atoms with van der Waals surface area (Å²) in [6.07, 6.45) is 0. The molecule has 0 saturated carbocycles. The van der Waals surface area contributed by atoms with Gasteiger partial charge in [-0.15, -0.1) is 0 Å². The fraction of sp³-hybridized carbons (Fsp3) is 0.579. The van der Waals surface area contributed by atoms with E-state index >= 15 is 0 Å². The summed E-state index contributed by atoms with van der Waals surface area (Å²) in [5.74, 6) is 0.692. The average molecular weight is 386 g/mol. The average Bonchev–Trinajstić information content (AvgIpc) is 2.42. The van der Waals surface area contributed by atoms with Crippen molar-refractivity contribution >= 4 is 13.6 Å². The molecule has 0 atom stereocenters. The molecule has 0 bridgehead atoms. The number of hydrogen-bond acceptors (Lipinski definition) is 4. The Hall–Kier alpha value is -1.33. The highest BCUT2D eigenvalue weighted by atomic mass is 31.2. The summed E-state index contributed by atoms with van der Waals surface area (Å²) in [5.41, 5.74) is 1.46. The smallest absolute Gasteiger partial charge is 0.496 e. The van der Waals surface area contributed by atoms with Crippen molar-refractivity contribution in [1.82, 2.24) is 0 Å². The zero-order valence-electron chi connectivity index (χ0n) is 16.7. The SMILES string of the molecule is COC(=C(COCC(C)(C)C)C(C)(C)C)c1cccc(OP(=O)(O)O)c1. The summed E-state index contributed by atoms with van der Waals surface area (Å²) in [6.45, 7) is 13.5. The number of rotatable bonds is 7. The van der Waals surface area contributed by atoms with Crippen LogP contribution in [-0.4, -0.2) is 30.1 Å². The van der Waals surface area contributed by atoms with E-state index in [4.69, 9.17) is 19.3 Å². The Balaban J connectivity index is 3.26. The first-order chi connectivity index (χ1) is 11.7. The van der Waals surface area contributed by atoms with E-state index in [-0.39, 0.29) is 16.6 Å². The molecule has 1 rings (SSSR count). The zero-order valence-corrected chi connectivity index (χ0v) is 17.6. The Labute approximate surface area is 156 Å². The van der Waals surface area contributed by atoms with Gasteiger partial charge in [-0.1, -0.05) is 53.7 Å². The van der Waals surface area contributed by atoms with Crippen LogP contribution in [0.15, 0.2) is 29.8 Å². The molecule has 6 nitrogen and oxygen atoms in total. The molecule has 1 aromatic rings. The van der Waals surface area contributed by atoms with Gasteiger partial charge in [0.2, 0.25) is 0 Å². The van der Waals surface area contributed by atoms with Gasteiger partial charge in [-0.25, -0.2) is 4.57 Å². The van der Waals surface area contributed by atoms with Crippen molar-refractivity contribution in [3.05, 3.63) is 35.4 Å². The highest BCUT2D eigenvalue weighted by molar-refractivity contribution is 7.46. The second kappa shape index (κ2) is 8.57. The second-order valence-corrected chi connectivity index (χ2v) is 9.59. The molecule has 0 heterocycles. The molecule has 0 aliphatic heterocycles. The van der Waals surface area contributed by atoms with Gasteiger partial charge in [0.15, 0.2) is 0 Å². The predicted molar refractivity (Wildman–Crippen MR) is 103 cm³/mol. The van der Waals surface area contributed by atoms with Crippen LogP contribution in [0, 0.1) is 10.8 Å². The molecule has 0 saturated heterocycles. The zero-order chi connectivity index (χ0) is 20.2. The van der Waals surface area contributed by atoms with Crippen LogP contribution in [0.5, 0.6) is 5.75 Å². The molecule has 0 unspecified atom stereocenters. The lowest BCUT2D eigenvalue weighted by Crippen LogP contribution is -2.21. The number of methoxy groups -OCH3 is 1. The fourth-order valence-corrected chi connectivity index (χ4v) is 2.72. The maximum Gasteiger partial charge on any atom is 0.524 e. The molecule has 0 aliphatic rings. The molecular weight excluding hydrogens is 355 g/mol. The van der Waals surface area contributed by atoms with Crippen LogP contribution >= 0.6 is 7.82 Å². The van der Waals surface area contributed by atoms with E-state index in [1.54, 1.807) is 25.3 Å². The minimum absolute atomic E-state index is 0.0490. The topological polar surface area (TPSA) is 85.2 Å². The fourth-order valence-electron chi connectivity index (χ4n) is 2.33. The molecule has 0 aliphatic carbocycles. The van der Waals surface area contributed by atoms with E-state index in [2.05, 4.69) is 46.1 Å². The standard InChI is InChI=1S/C19H31O6P/c1-18(2,3)13-24-12-16(19(4,5)6)17(23-7)14-9-8-10-15(11-14)25-26(20,21)22/h8-11H,12-13H2,1-7H3,(H2,20,21,22). The Kier molecular flexibility index (Phi) is 7.49. The van der Waals surface area contributed by atoms with E-state index in [1.165, 1.54) is 6.07 Å². The lowest BCUT2D eigenvalue weighted by molar-refractivity contribution is 0.0787. The summed E-state index contributed by atoms with van der Waals surface area (Å²) >= 11 is 0. The number of hydrogen-bond donors (Lipinski definition) is 2. The Morgan fingerprint density at radius 3 is 2.19 bits per heavy atom. The number of phosphoric ester groups is 1. The molecule has 0 fully saturated rings. The van der Waals surface area contributed by atoms with Crippen molar-refractivity contribution < 1.29 is 28.3 Å². The van der Waals surface area contributed by atoms with Gasteiger partial charge >= 0.3 is 7.82 Å². The van der Waals surface area contributed by atoms with Gasteiger partial charge in [0.1, 0.15) is 11.5 Å². The van der Waals surface area contributed by atoms with E-state index in [9.17, 15) is 4.57 Å². The van der Waals surface area contributed by atoms with Crippen LogP contribution in [0.4, 0.5) is 0 Å². The van der Waals surface area contributed by atoms with Crippen molar-refractivity contribution in [2.45, 2.75) is 41.5 Å². The summed E-state index contributed by atoms with van der Waals surface area (Å²) in [7, 11) is -3.05. The summed E-state index contributed by atoms with van der Waals surface area (Å²) < 4.78 is 27.3. The molecule has 1 aromatic carbocycles. The molecular formula is C19H31O6P. The van der Waals surface area contributed by atoms with Crippen LogP contribution < -0.4 is 4.52 Å². The monoisotopic (exact) mass is 386 g/mol. The third kappa shape index (κ3) is 7.92. The molecule has 2 N–H and O–H groups in total. The van der Waals surface area contributed by atoms with Gasteiger partial charge < -0.3 is 14.0 Å². The summed E-state index contributed by atoms with van der Waals surface area (Å²) in [5, 5.41) is 0. The number of phosphoric acid groups is 1. The van der Waals surface area contributed by atoms with Crippen LogP contribution in [0.2, 0.25) is 0 Å². The third-order valence-corrected chi connectivity index (χ3v) is 3.93. The molecule has 148 valence electrons. The number of ether oxygens (including phenoxy) is 2. The summed E-state index contributed by atoms with van der Waals surface area (Å²) in [4.78, 5) is 18.0. The molecule has 0 amide bonds. The van der Waals surface area contributed by atoms with Crippen LogP contribution in [0.1, 0.15) is 47.1 Å². The maximum atomic E-state index is 11.1. The van der Waals surface area contributed by atoms with Gasteiger partial charge in [0.05, 0.1) is 20.3 Å². The molecule has 0 spiro atoms. The first-order valence-electron chi connectivity index (χ1n) is 8.44. The van der Waals surface area contributed by atoms with E-state index < -0.39 is 7.82 Å². The minimum atomic E-state index is -4.62. The maximum absolute atomic E-state index is 11.1. The van der Waals surface area contributed by atoms with Crippen LogP contribution in [0.25, 0.3) is 5.76 Å². The van der Waals surface area contributed by atoms with Crippen molar-refractivity contribution in [2.24, 2.45) is 10.8 Å². The lowest BCUT2D eigenvalue weighted by Gasteiger charge is -2.28. The van der Waals surface area contributed by atoms with Gasteiger partial charge in [-0.05, 0) is 23.0 Å². The van der Waals surface area contributed by atoms with Crippen molar-refractivity contribution in [3.8, 4) is 5.75 Å². The minimum Gasteiger partial charge on any atom is -0.496 e. The first kappa shape index (κ1) is 22.7. The Morgan fingerprint density at radius 2 is 1.73 bits per heavy atom. The molecule has 7 heteroatoms. The van der Waals surface area contributed by atoms with Crippen molar-refractivity contribution in [3.63, 3.8) is 0 Å². The molecule has 0 radical (unpaired) electrons. The van der Waals surface area contributed by atoms with Gasteiger partial charge in [-0.2, -0.15) is 0 Å².